The molecule has 0 bridgehead atoms. The summed E-state index contributed by atoms with van der Waals surface area (Å²) in [5, 5.41) is 12.0. The van der Waals surface area contributed by atoms with E-state index >= 15 is 0 Å². The lowest BCUT2D eigenvalue weighted by Crippen LogP contribution is -2.14. The predicted molar refractivity (Wildman–Crippen MR) is 107 cm³/mol. The fourth-order valence-electron chi connectivity index (χ4n) is 2.35. The smallest absolute Gasteiger partial charge is 0.337 e. The van der Waals surface area contributed by atoms with Crippen LogP contribution in [0.3, 0.4) is 0 Å². The highest BCUT2D eigenvalue weighted by Crippen LogP contribution is 2.17. The van der Waals surface area contributed by atoms with Crippen LogP contribution in [0.25, 0.3) is 6.08 Å². The molecule has 0 unspecified atom stereocenters. The Labute approximate surface area is 164 Å². The highest BCUT2D eigenvalue weighted by atomic mass is 16.5. The minimum absolute atomic E-state index is 0.0527. The Morgan fingerprint density at radius 2 is 1.93 bits per heavy atom. The normalized spacial score (nSPS) is 10.7. The highest BCUT2D eigenvalue weighted by molar-refractivity contribution is 6.10. The first-order valence-electron chi connectivity index (χ1n) is 8.91. The molecule has 1 amide bonds. The molecule has 0 saturated heterocycles. The van der Waals surface area contributed by atoms with Crippen LogP contribution < -0.4 is 10.1 Å². The Balaban J connectivity index is 2.09. The molecule has 0 aliphatic heterocycles. The SMILES string of the molecule is CCCCOc1ccc(/C=C(\C#N)C(=O)Nc2cccc(C(=O)OC)c2)cc1. The van der Waals surface area contributed by atoms with Gasteiger partial charge in [0.25, 0.3) is 5.91 Å². The minimum Gasteiger partial charge on any atom is -0.494 e. The molecule has 0 atom stereocenters. The number of methoxy groups -OCH3 is 1. The van der Waals surface area contributed by atoms with Crippen LogP contribution in [0.15, 0.2) is 54.1 Å². The van der Waals surface area contributed by atoms with Gasteiger partial charge in [0.2, 0.25) is 0 Å². The summed E-state index contributed by atoms with van der Waals surface area (Å²) in [5.41, 5.74) is 1.36. The summed E-state index contributed by atoms with van der Waals surface area (Å²) < 4.78 is 10.3. The average Bonchev–Trinajstić information content (AvgIpc) is 2.72. The van der Waals surface area contributed by atoms with Gasteiger partial charge in [-0.2, -0.15) is 5.26 Å². The third kappa shape index (κ3) is 5.99. The molecule has 0 aliphatic rings. The number of carbonyl (C=O) groups is 2. The number of nitriles is 1. The number of nitrogens with zero attached hydrogens (tertiary/aromatic N) is 1. The van der Waals surface area contributed by atoms with E-state index in [0.717, 1.165) is 18.6 Å². The highest BCUT2D eigenvalue weighted by Gasteiger charge is 2.11. The van der Waals surface area contributed by atoms with Crippen LogP contribution in [0, 0.1) is 11.3 Å². The zero-order valence-corrected chi connectivity index (χ0v) is 15.9. The standard InChI is InChI=1S/C22H22N2O4/c1-3-4-12-28-20-10-8-16(9-11-20)13-18(15-23)21(25)24-19-7-5-6-17(14-19)22(26)27-2/h5-11,13-14H,3-4,12H2,1-2H3,(H,24,25)/b18-13+. The van der Waals surface area contributed by atoms with Crippen LogP contribution in [-0.4, -0.2) is 25.6 Å². The number of carbonyl (C=O) groups excluding carboxylic acids is 2. The Bertz CT molecular complexity index is 895. The molecule has 0 fully saturated rings. The number of esters is 1. The van der Waals surface area contributed by atoms with E-state index in [4.69, 9.17) is 4.74 Å². The van der Waals surface area contributed by atoms with Gasteiger partial charge in [0.1, 0.15) is 17.4 Å². The summed E-state index contributed by atoms with van der Waals surface area (Å²) in [6.07, 6.45) is 3.54. The van der Waals surface area contributed by atoms with Crippen molar-refractivity contribution in [2.75, 3.05) is 19.0 Å². The van der Waals surface area contributed by atoms with Crippen LogP contribution in [0.4, 0.5) is 5.69 Å². The summed E-state index contributed by atoms with van der Waals surface area (Å²) in [5.74, 6) is -0.325. The molecule has 0 aliphatic carbocycles. The molecule has 144 valence electrons. The number of hydrogen-bond donors (Lipinski definition) is 1. The maximum absolute atomic E-state index is 12.4. The molecule has 2 rings (SSSR count). The van der Waals surface area contributed by atoms with Gasteiger partial charge >= 0.3 is 5.97 Å². The number of ether oxygens (including phenoxy) is 2. The van der Waals surface area contributed by atoms with Gasteiger partial charge < -0.3 is 14.8 Å². The molecule has 6 heteroatoms. The van der Waals surface area contributed by atoms with Crippen LogP contribution in [0.2, 0.25) is 0 Å². The van der Waals surface area contributed by atoms with Crippen molar-refractivity contribution in [1.29, 1.82) is 5.26 Å². The van der Waals surface area contributed by atoms with Gasteiger partial charge in [-0.05, 0) is 48.4 Å². The number of anilines is 1. The molecule has 2 aromatic rings. The number of benzene rings is 2. The largest absolute Gasteiger partial charge is 0.494 e. The van der Waals surface area contributed by atoms with Gasteiger partial charge in [0.05, 0.1) is 19.3 Å². The third-order valence-corrected chi connectivity index (χ3v) is 3.86. The monoisotopic (exact) mass is 378 g/mol. The van der Waals surface area contributed by atoms with E-state index < -0.39 is 11.9 Å². The number of nitrogens with one attached hydrogen (secondary N) is 1. The number of hydrogen-bond acceptors (Lipinski definition) is 5. The lowest BCUT2D eigenvalue weighted by molar-refractivity contribution is -0.112. The van der Waals surface area contributed by atoms with Gasteiger partial charge in [-0.15, -0.1) is 0 Å². The molecule has 0 heterocycles. The van der Waals surface area contributed by atoms with E-state index in [1.807, 2.05) is 6.07 Å². The minimum atomic E-state index is -0.562. The lowest BCUT2D eigenvalue weighted by atomic mass is 10.1. The Hall–Kier alpha value is -3.59. The topological polar surface area (TPSA) is 88.4 Å². The number of rotatable bonds is 8. The van der Waals surface area contributed by atoms with Crippen LogP contribution in [0.5, 0.6) is 5.75 Å². The second-order valence-electron chi connectivity index (χ2n) is 5.97. The summed E-state index contributed by atoms with van der Waals surface area (Å²) in [6.45, 7) is 2.75. The molecule has 28 heavy (non-hydrogen) atoms. The average molecular weight is 378 g/mol. The molecular weight excluding hydrogens is 356 g/mol. The van der Waals surface area contributed by atoms with E-state index in [-0.39, 0.29) is 5.57 Å². The van der Waals surface area contributed by atoms with E-state index in [0.29, 0.717) is 23.4 Å². The van der Waals surface area contributed by atoms with Gasteiger partial charge in [-0.1, -0.05) is 31.5 Å². The quantitative estimate of drug-likeness (QED) is 0.322. The molecule has 0 saturated carbocycles. The Morgan fingerprint density at radius 3 is 2.57 bits per heavy atom. The van der Waals surface area contributed by atoms with E-state index in [2.05, 4.69) is 17.0 Å². The van der Waals surface area contributed by atoms with Crippen molar-refractivity contribution in [3.8, 4) is 11.8 Å². The second-order valence-corrected chi connectivity index (χ2v) is 5.97. The third-order valence-electron chi connectivity index (χ3n) is 3.86. The van der Waals surface area contributed by atoms with Crippen molar-refractivity contribution < 1.29 is 19.1 Å². The molecule has 0 radical (unpaired) electrons. The summed E-state index contributed by atoms with van der Waals surface area (Å²) in [4.78, 5) is 24.0. The molecular formula is C22H22N2O4. The first-order valence-corrected chi connectivity index (χ1v) is 8.91. The van der Waals surface area contributed by atoms with E-state index in [1.54, 1.807) is 42.5 Å². The summed E-state index contributed by atoms with van der Waals surface area (Å²) in [6, 6.07) is 15.4. The molecule has 6 nitrogen and oxygen atoms in total. The van der Waals surface area contributed by atoms with Crippen molar-refractivity contribution in [3.63, 3.8) is 0 Å². The predicted octanol–water partition coefficient (Wildman–Crippen LogP) is 4.20. The summed E-state index contributed by atoms with van der Waals surface area (Å²) >= 11 is 0. The van der Waals surface area contributed by atoms with Gasteiger partial charge in [-0.3, -0.25) is 4.79 Å². The second kappa shape index (κ2) is 10.5. The number of unbranched alkanes of at least 4 members (excludes halogenated alkanes) is 1. The van der Waals surface area contributed by atoms with Gasteiger partial charge in [-0.25, -0.2) is 4.79 Å². The van der Waals surface area contributed by atoms with Gasteiger partial charge in [0, 0.05) is 5.69 Å². The zero-order valence-electron chi connectivity index (χ0n) is 15.9. The van der Waals surface area contributed by atoms with Crippen molar-refractivity contribution in [2.45, 2.75) is 19.8 Å². The van der Waals surface area contributed by atoms with Crippen LogP contribution >= 0.6 is 0 Å². The maximum Gasteiger partial charge on any atom is 0.337 e. The molecule has 1 N–H and O–H groups in total. The molecule has 2 aromatic carbocycles. The fourth-order valence-corrected chi connectivity index (χ4v) is 2.35. The van der Waals surface area contributed by atoms with Crippen molar-refractivity contribution in [3.05, 3.63) is 65.2 Å². The zero-order chi connectivity index (χ0) is 20.4. The molecule has 0 aromatic heterocycles. The first kappa shape index (κ1) is 20.7. The van der Waals surface area contributed by atoms with Crippen LogP contribution in [0.1, 0.15) is 35.7 Å². The van der Waals surface area contributed by atoms with Crippen molar-refractivity contribution >= 4 is 23.6 Å². The maximum atomic E-state index is 12.4. The molecule has 0 spiro atoms. The Morgan fingerprint density at radius 1 is 1.18 bits per heavy atom. The fraction of sp³-hybridized carbons (Fsp3) is 0.227. The first-order chi connectivity index (χ1) is 13.6. The van der Waals surface area contributed by atoms with Crippen LogP contribution in [-0.2, 0) is 9.53 Å². The number of amides is 1. The Kier molecular flexibility index (Phi) is 7.79. The van der Waals surface area contributed by atoms with Crippen molar-refractivity contribution in [1.82, 2.24) is 0 Å². The van der Waals surface area contributed by atoms with E-state index in [9.17, 15) is 14.9 Å². The van der Waals surface area contributed by atoms with Gasteiger partial charge in [0.15, 0.2) is 0 Å². The van der Waals surface area contributed by atoms with Crippen molar-refractivity contribution in [2.24, 2.45) is 0 Å². The lowest BCUT2D eigenvalue weighted by Gasteiger charge is -2.07. The van der Waals surface area contributed by atoms with E-state index in [1.165, 1.54) is 19.3 Å². The summed E-state index contributed by atoms with van der Waals surface area (Å²) in [7, 11) is 1.28.